The van der Waals surface area contributed by atoms with Gasteiger partial charge in [-0.15, -0.1) is 0 Å². The Kier molecular flexibility index (Phi) is 4.38. The third kappa shape index (κ3) is 3.24. The molecular weight excluding hydrogens is 265 g/mol. The van der Waals surface area contributed by atoms with Gasteiger partial charge < -0.3 is 5.32 Å². The zero-order valence-corrected chi connectivity index (χ0v) is 11.4. The fraction of sp³-hybridized carbons (Fsp3) is 0.267. The molecular formula is C15H15ClFNO. The molecule has 1 aromatic carbocycles. The summed E-state index contributed by atoms with van der Waals surface area (Å²) in [5, 5.41) is 2.94. The van der Waals surface area contributed by atoms with E-state index in [9.17, 15) is 9.18 Å². The number of halogens is 2. The van der Waals surface area contributed by atoms with Crippen molar-refractivity contribution < 1.29 is 9.18 Å². The first-order chi connectivity index (χ1) is 9.11. The molecule has 1 amide bonds. The Bertz CT molecular complexity index is 563. The second kappa shape index (κ2) is 6.02. The van der Waals surface area contributed by atoms with Crippen LogP contribution in [-0.2, 0) is 4.79 Å². The van der Waals surface area contributed by atoms with Gasteiger partial charge in [0.05, 0.1) is 5.02 Å². The number of carbonyl (C=O) groups is 1. The van der Waals surface area contributed by atoms with E-state index in [0.29, 0.717) is 18.5 Å². The molecule has 0 heterocycles. The Balaban J connectivity index is 2.03. The van der Waals surface area contributed by atoms with Crippen molar-refractivity contribution in [1.29, 1.82) is 0 Å². The summed E-state index contributed by atoms with van der Waals surface area (Å²) in [6, 6.07) is 4.69. The Morgan fingerprint density at radius 2 is 2.21 bits per heavy atom. The molecule has 2 nitrogen and oxygen atoms in total. The third-order valence-corrected chi connectivity index (χ3v) is 3.29. The minimum atomic E-state index is -0.441. The molecule has 1 aliphatic rings. The van der Waals surface area contributed by atoms with Gasteiger partial charge >= 0.3 is 0 Å². The first-order valence-corrected chi connectivity index (χ1v) is 6.63. The van der Waals surface area contributed by atoms with Crippen molar-refractivity contribution in [3.05, 3.63) is 52.3 Å². The number of hydrogen-bond donors (Lipinski definition) is 1. The number of hydrogen-bond acceptors (Lipinski definition) is 1. The largest absolute Gasteiger partial charge is 0.352 e. The second-order valence-electron chi connectivity index (χ2n) is 4.45. The Labute approximate surface area is 117 Å². The van der Waals surface area contributed by atoms with Crippen molar-refractivity contribution in [2.45, 2.75) is 19.8 Å². The molecule has 0 saturated heterocycles. The first kappa shape index (κ1) is 13.8. The number of amides is 1. The highest BCUT2D eigenvalue weighted by Crippen LogP contribution is 2.30. The summed E-state index contributed by atoms with van der Waals surface area (Å²) >= 11 is 5.65. The van der Waals surface area contributed by atoms with Crippen LogP contribution in [0.2, 0.25) is 5.02 Å². The fourth-order valence-corrected chi connectivity index (χ4v) is 2.04. The molecule has 1 N–H and O–H groups in total. The molecule has 0 radical (unpaired) electrons. The summed E-state index contributed by atoms with van der Waals surface area (Å²) in [7, 11) is 0. The van der Waals surface area contributed by atoms with E-state index in [1.54, 1.807) is 12.1 Å². The van der Waals surface area contributed by atoms with E-state index in [2.05, 4.69) is 5.32 Å². The predicted molar refractivity (Wildman–Crippen MR) is 75.4 cm³/mol. The van der Waals surface area contributed by atoms with Crippen molar-refractivity contribution >= 4 is 23.1 Å². The number of allylic oxidation sites excluding steroid dienone is 3. The van der Waals surface area contributed by atoms with E-state index in [1.165, 1.54) is 12.1 Å². The molecule has 0 aromatic heterocycles. The van der Waals surface area contributed by atoms with E-state index >= 15 is 0 Å². The van der Waals surface area contributed by atoms with E-state index in [1.807, 2.05) is 13.0 Å². The molecule has 0 aliphatic heterocycles. The van der Waals surface area contributed by atoms with Gasteiger partial charge in [0.1, 0.15) is 5.82 Å². The lowest BCUT2D eigenvalue weighted by Gasteiger charge is -2.07. The normalized spacial score (nSPS) is 14.1. The number of nitrogens with one attached hydrogen (secondary N) is 1. The second-order valence-corrected chi connectivity index (χ2v) is 4.85. The topological polar surface area (TPSA) is 29.1 Å². The molecule has 1 aromatic rings. The molecule has 0 saturated carbocycles. The van der Waals surface area contributed by atoms with Crippen LogP contribution >= 0.6 is 11.6 Å². The Morgan fingerprint density at radius 1 is 1.42 bits per heavy atom. The summed E-state index contributed by atoms with van der Waals surface area (Å²) in [5.74, 6) is -0.494. The maximum absolute atomic E-state index is 13.4. The highest BCUT2D eigenvalue weighted by Gasteiger charge is 2.16. The van der Waals surface area contributed by atoms with Gasteiger partial charge in [0.15, 0.2) is 0 Å². The lowest BCUT2D eigenvalue weighted by molar-refractivity contribution is -0.117. The van der Waals surface area contributed by atoms with Gasteiger partial charge in [0, 0.05) is 18.5 Å². The number of carbonyl (C=O) groups excluding carboxylic acids is 1. The third-order valence-electron chi connectivity index (χ3n) is 2.98. The van der Waals surface area contributed by atoms with E-state index in [-0.39, 0.29) is 10.9 Å². The molecule has 2 rings (SSSR count). The van der Waals surface area contributed by atoms with Crippen LogP contribution in [0.15, 0.2) is 35.9 Å². The maximum Gasteiger partial charge on any atom is 0.247 e. The number of benzene rings is 1. The smallest absolute Gasteiger partial charge is 0.247 e. The summed E-state index contributed by atoms with van der Waals surface area (Å²) < 4.78 is 13.4. The van der Waals surface area contributed by atoms with Gasteiger partial charge in [0.2, 0.25) is 5.91 Å². The van der Waals surface area contributed by atoms with Crippen LogP contribution in [0.1, 0.15) is 25.3 Å². The van der Waals surface area contributed by atoms with Crippen molar-refractivity contribution in [2.75, 3.05) is 6.54 Å². The fourth-order valence-electron chi connectivity index (χ4n) is 1.93. The quantitative estimate of drug-likeness (QED) is 0.894. The molecule has 100 valence electrons. The van der Waals surface area contributed by atoms with Crippen molar-refractivity contribution in [1.82, 2.24) is 5.32 Å². The van der Waals surface area contributed by atoms with Crippen molar-refractivity contribution in [2.24, 2.45) is 0 Å². The monoisotopic (exact) mass is 279 g/mol. The molecule has 0 unspecified atom stereocenters. The molecule has 0 atom stereocenters. The van der Waals surface area contributed by atoms with Gasteiger partial charge in [-0.05, 0) is 29.7 Å². The highest BCUT2D eigenvalue weighted by atomic mass is 35.5. The van der Waals surface area contributed by atoms with Crippen molar-refractivity contribution in [3.8, 4) is 0 Å². The SMILES string of the molecule is CCCNC(=O)C1=CC=C(c2ccc(Cl)c(F)c2)C1. The molecule has 1 aliphatic carbocycles. The zero-order valence-electron chi connectivity index (χ0n) is 10.7. The summed E-state index contributed by atoms with van der Waals surface area (Å²) in [6.07, 6.45) is 5.06. The van der Waals surface area contributed by atoms with Crippen LogP contribution in [0.3, 0.4) is 0 Å². The average Bonchev–Trinajstić information content (AvgIpc) is 2.89. The average molecular weight is 280 g/mol. The highest BCUT2D eigenvalue weighted by molar-refractivity contribution is 6.30. The van der Waals surface area contributed by atoms with Crippen molar-refractivity contribution in [3.63, 3.8) is 0 Å². The van der Waals surface area contributed by atoms with E-state index in [4.69, 9.17) is 11.6 Å². The van der Waals surface area contributed by atoms with Gasteiger partial charge in [-0.1, -0.05) is 36.7 Å². The van der Waals surface area contributed by atoms with Crippen LogP contribution < -0.4 is 5.32 Å². The lowest BCUT2D eigenvalue weighted by Crippen LogP contribution is -2.25. The van der Waals surface area contributed by atoms with Crippen LogP contribution in [0.4, 0.5) is 4.39 Å². The van der Waals surface area contributed by atoms with Crippen LogP contribution in [-0.4, -0.2) is 12.5 Å². The van der Waals surface area contributed by atoms with Crippen LogP contribution in [0, 0.1) is 5.82 Å². The van der Waals surface area contributed by atoms with Gasteiger partial charge in [-0.3, -0.25) is 4.79 Å². The van der Waals surface area contributed by atoms with Gasteiger partial charge in [-0.2, -0.15) is 0 Å². The van der Waals surface area contributed by atoms with E-state index in [0.717, 1.165) is 17.6 Å². The lowest BCUT2D eigenvalue weighted by atomic mass is 10.0. The molecule has 19 heavy (non-hydrogen) atoms. The Hall–Kier alpha value is -1.61. The zero-order chi connectivity index (χ0) is 13.8. The van der Waals surface area contributed by atoms with Crippen LogP contribution in [0.25, 0.3) is 5.57 Å². The molecule has 0 bridgehead atoms. The first-order valence-electron chi connectivity index (χ1n) is 6.25. The summed E-state index contributed by atoms with van der Waals surface area (Å²) in [6.45, 7) is 2.67. The molecule has 0 fully saturated rings. The molecule has 4 heteroatoms. The maximum atomic E-state index is 13.4. The summed E-state index contributed by atoms with van der Waals surface area (Å²) in [5.41, 5.74) is 2.40. The minimum absolute atomic E-state index is 0.0532. The van der Waals surface area contributed by atoms with Gasteiger partial charge in [0.25, 0.3) is 0 Å². The van der Waals surface area contributed by atoms with Gasteiger partial charge in [-0.25, -0.2) is 4.39 Å². The summed E-state index contributed by atoms with van der Waals surface area (Å²) in [4.78, 5) is 11.8. The number of rotatable bonds is 4. The molecule has 0 spiro atoms. The predicted octanol–water partition coefficient (Wildman–Crippen LogP) is 3.72. The Morgan fingerprint density at radius 3 is 2.89 bits per heavy atom. The van der Waals surface area contributed by atoms with Crippen LogP contribution in [0.5, 0.6) is 0 Å². The minimum Gasteiger partial charge on any atom is -0.352 e. The standard InChI is InChI=1S/C15H15ClFNO/c1-2-7-18-15(19)12-4-3-10(8-12)11-5-6-13(16)14(17)9-11/h3-6,9H,2,7-8H2,1H3,(H,18,19). The van der Waals surface area contributed by atoms with E-state index < -0.39 is 5.82 Å².